The zero-order valence-electron chi connectivity index (χ0n) is 10.4. The van der Waals surface area contributed by atoms with Crippen LogP contribution in [-0.4, -0.2) is 31.6 Å². The smallest absolute Gasteiger partial charge is 0.347 e. The van der Waals surface area contributed by atoms with Crippen molar-refractivity contribution < 1.29 is 14.3 Å². The molecule has 0 spiro atoms. The van der Waals surface area contributed by atoms with E-state index in [1.54, 1.807) is 24.6 Å². The molecule has 0 bridgehead atoms. The van der Waals surface area contributed by atoms with Crippen molar-refractivity contribution in [2.45, 2.75) is 18.7 Å². The van der Waals surface area contributed by atoms with Crippen molar-refractivity contribution in [1.29, 1.82) is 0 Å². The summed E-state index contributed by atoms with van der Waals surface area (Å²) < 4.78 is 10.3. The summed E-state index contributed by atoms with van der Waals surface area (Å²) in [6, 6.07) is 3.51. The van der Waals surface area contributed by atoms with Crippen molar-refractivity contribution in [2.75, 3.05) is 12.8 Å². The number of rotatable bonds is 2. The summed E-state index contributed by atoms with van der Waals surface area (Å²) in [6.07, 6.45) is 2.75. The summed E-state index contributed by atoms with van der Waals surface area (Å²) in [5, 5.41) is 0. The maximum atomic E-state index is 11.6. The first kappa shape index (κ1) is 11.7. The fraction of sp³-hybridized carbons (Fsp3) is 0.308. The Morgan fingerprint density at radius 1 is 1.42 bits per heavy atom. The van der Waals surface area contributed by atoms with E-state index in [0.29, 0.717) is 17.9 Å². The van der Waals surface area contributed by atoms with Gasteiger partial charge in [-0.2, -0.15) is 0 Å². The molecule has 2 aliphatic rings. The van der Waals surface area contributed by atoms with Gasteiger partial charge in [-0.25, -0.2) is 4.79 Å². The van der Waals surface area contributed by atoms with E-state index in [-0.39, 0.29) is 12.1 Å². The lowest BCUT2D eigenvalue weighted by Crippen LogP contribution is -2.26. The molecule has 2 aliphatic heterocycles. The third-order valence-corrected chi connectivity index (χ3v) is 3.25. The van der Waals surface area contributed by atoms with Crippen LogP contribution in [-0.2, 0) is 16.0 Å². The molecule has 1 unspecified atom stereocenters. The van der Waals surface area contributed by atoms with Gasteiger partial charge in [0.15, 0.2) is 12.3 Å². The van der Waals surface area contributed by atoms with Crippen LogP contribution in [0, 0.1) is 0 Å². The predicted octanol–water partition coefficient (Wildman–Crippen LogP) is 0.899. The zero-order chi connectivity index (χ0) is 13.4. The number of aliphatic imine (C=N–C) groups is 2. The number of nitrogens with zero attached hydrogens (tertiary/aromatic N) is 2. The molecule has 6 nitrogen and oxygen atoms in total. The first-order valence-corrected chi connectivity index (χ1v) is 5.91. The molecule has 19 heavy (non-hydrogen) atoms. The lowest BCUT2D eigenvalue weighted by molar-refractivity contribution is -0.147. The quantitative estimate of drug-likeness (QED) is 0.631. The van der Waals surface area contributed by atoms with Crippen LogP contribution in [0.1, 0.15) is 17.3 Å². The third kappa shape index (κ3) is 1.85. The molecule has 1 aromatic carbocycles. The van der Waals surface area contributed by atoms with E-state index in [9.17, 15) is 4.79 Å². The molecular weight excluding hydrogens is 246 g/mol. The molecule has 98 valence electrons. The highest BCUT2D eigenvalue weighted by atomic mass is 16.6. The van der Waals surface area contributed by atoms with Crippen LogP contribution in [0.5, 0.6) is 5.75 Å². The number of hydrogen-bond acceptors (Lipinski definition) is 6. The predicted molar refractivity (Wildman–Crippen MR) is 70.7 cm³/mol. The summed E-state index contributed by atoms with van der Waals surface area (Å²) >= 11 is 0. The lowest BCUT2D eigenvalue weighted by atomic mass is 9.99. The molecule has 1 aromatic rings. The van der Waals surface area contributed by atoms with Crippen LogP contribution in [0.3, 0.4) is 0 Å². The van der Waals surface area contributed by atoms with E-state index >= 15 is 0 Å². The van der Waals surface area contributed by atoms with Gasteiger partial charge >= 0.3 is 5.97 Å². The van der Waals surface area contributed by atoms with Crippen LogP contribution < -0.4 is 10.5 Å². The highest BCUT2D eigenvalue weighted by Gasteiger charge is 2.34. The van der Waals surface area contributed by atoms with Gasteiger partial charge in [-0.15, -0.1) is 0 Å². The minimum absolute atomic E-state index is 0.338. The van der Waals surface area contributed by atoms with Gasteiger partial charge in [-0.05, 0) is 12.1 Å². The molecule has 0 saturated carbocycles. The third-order valence-electron chi connectivity index (χ3n) is 3.25. The van der Waals surface area contributed by atoms with E-state index in [4.69, 9.17) is 15.2 Å². The average molecular weight is 259 g/mol. The van der Waals surface area contributed by atoms with Gasteiger partial charge in [0.25, 0.3) is 0 Å². The number of benzene rings is 1. The molecular formula is C13H13N3O3. The molecule has 0 amide bonds. The van der Waals surface area contributed by atoms with Gasteiger partial charge in [0, 0.05) is 35.7 Å². The Morgan fingerprint density at radius 2 is 2.16 bits per heavy atom. The summed E-state index contributed by atoms with van der Waals surface area (Å²) in [6.45, 7) is 0. The molecule has 0 radical (unpaired) electrons. The highest BCUT2D eigenvalue weighted by Crippen LogP contribution is 2.40. The molecule has 0 aliphatic carbocycles. The fourth-order valence-corrected chi connectivity index (χ4v) is 2.36. The topological polar surface area (TPSA) is 86.3 Å². The Hall–Kier alpha value is -2.37. The number of carbonyl (C=O) groups excluding carboxylic acids is 1. The van der Waals surface area contributed by atoms with Gasteiger partial charge in [0.05, 0.1) is 7.11 Å². The molecule has 0 saturated heterocycles. The summed E-state index contributed by atoms with van der Waals surface area (Å²) in [4.78, 5) is 20.0. The number of hydrogen-bond donors (Lipinski definition) is 1. The number of anilines is 1. The van der Waals surface area contributed by atoms with Crippen LogP contribution >= 0.6 is 0 Å². The Morgan fingerprint density at radius 3 is 2.84 bits per heavy atom. The number of fused-ring (bicyclic) bond motifs is 1. The van der Waals surface area contributed by atoms with Crippen molar-refractivity contribution in [3.63, 3.8) is 0 Å². The highest BCUT2D eigenvalue weighted by molar-refractivity contribution is 6.17. The first-order chi connectivity index (χ1) is 9.20. The molecule has 3 rings (SSSR count). The number of carbonyl (C=O) groups is 1. The zero-order valence-corrected chi connectivity index (χ0v) is 10.4. The number of esters is 1. The molecule has 0 fully saturated rings. The molecule has 6 heteroatoms. The van der Waals surface area contributed by atoms with Gasteiger partial charge in [0.2, 0.25) is 0 Å². The SMILES string of the molecule is COC(=O)C1Cc2c(ccc(N)c2C2N=CC=N2)O1. The maximum Gasteiger partial charge on any atom is 0.347 e. The van der Waals surface area contributed by atoms with Crippen molar-refractivity contribution in [2.24, 2.45) is 9.98 Å². The van der Waals surface area contributed by atoms with Crippen LogP contribution in [0.2, 0.25) is 0 Å². The molecule has 1 atom stereocenters. The average Bonchev–Trinajstić information content (AvgIpc) is 3.06. The largest absolute Gasteiger partial charge is 0.478 e. The minimum Gasteiger partial charge on any atom is -0.478 e. The summed E-state index contributed by atoms with van der Waals surface area (Å²) in [5.41, 5.74) is 8.31. The molecule has 2 N–H and O–H groups in total. The number of nitrogens with two attached hydrogens (primary N) is 1. The van der Waals surface area contributed by atoms with Crippen LogP contribution in [0.15, 0.2) is 22.1 Å². The van der Waals surface area contributed by atoms with Crippen LogP contribution in [0.4, 0.5) is 5.69 Å². The number of methoxy groups -OCH3 is 1. The van der Waals surface area contributed by atoms with Crippen molar-refractivity contribution in [3.8, 4) is 5.75 Å². The van der Waals surface area contributed by atoms with Crippen LogP contribution in [0.25, 0.3) is 0 Å². The molecule has 2 heterocycles. The first-order valence-electron chi connectivity index (χ1n) is 5.91. The number of ether oxygens (including phenoxy) is 2. The van der Waals surface area contributed by atoms with E-state index < -0.39 is 6.10 Å². The Bertz CT molecular complexity index is 583. The van der Waals surface area contributed by atoms with E-state index in [2.05, 4.69) is 9.98 Å². The van der Waals surface area contributed by atoms with Gasteiger partial charge in [0.1, 0.15) is 5.75 Å². The van der Waals surface area contributed by atoms with Crippen molar-refractivity contribution >= 4 is 24.1 Å². The van der Waals surface area contributed by atoms with E-state index in [1.165, 1.54) is 7.11 Å². The standard InChI is InChI=1S/C13H13N3O3/c1-18-13(17)10-6-7-9(19-10)3-2-8(14)11(7)12-15-4-5-16-12/h2-5,10,12H,6,14H2,1H3. The lowest BCUT2D eigenvalue weighted by Gasteiger charge is -2.12. The summed E-state index contributed by atoms with van der Waals surface area (Å²) in [7, 11) is 1.34. The van der Waals surface area contributed by atoms with Gasteiger partial charge < -0.3 is 15.2 Å². The Kier molecular flexibility index (Phi) is 2.70. The second kappa shape index (κ2) is 4.38. The summed E-state index contributed by atoms with van der Waals surface area (Å²) in [5.74, 6) is 0.260. The monoisotopic (exact) mass is 259 g/mol. The maximum absolute atomic E-state index is 11.6. The number of nitrogen functional groups attached to an aromatic ring is 1. The van der Waals surface area contributed by atoms with E-state index in [1.807, 2.05) is 0 Å². The van der Waals surface area contributed by atoms with Crippen molar-refractivity contribution in [3.05, 3.63) is 23.3 Å². The second-order valence-electron chi connectivity index (χ2n) is 4.35. The second-order valence-corrected chi connectivity index (χ2v) is 4.35. The van der Waals surface area contributed by atoms with Crippen molar-refractivity contribution in [1.82, 2.24) is 0 Å². The van der Waals surface area contributed by atoms with E-state index in [0.717, 1.165) is 11.1 Å². The normalized spacial score (nSPS) is 20.4. The Balaban J connectivity index is 2.00. The molecule has 0 aromatic heterocycles. The van der Waals surface area contributed by atoms with Gasteiger partial charge in [-0.1, -0.05) is 0 Å². The van der Waals surface area contributed by atoms with Gasteiger partial charge in [-0.3, -0.25) is 9.98 Å². The Labute approximate surface area is 109 Å². The fourth-order valence-electron chi connectivity index (χ4n) is 2.36. The minimum atomic E-state index is -0.616.